The highest BCUT2D eigenvalue weighted by atomic mass is 16.5. The van der Waals surface area contributed by atoms with Crippen molar-refractivity contribution in [1.82, 2.24) is 15.0 Å². The first-order valence-electron chi connectivity index (χ1n) is 11.0. The molecule has 0 unspecified atom stereocenters. The average molecular weight is 426 g/mol. The normalized spacial score (nSPS) is 11.5. The molecule has 162 valence electrons. The van der Waals surface area contributed by atoms with Gasteiger partial charge in [0.15, 0.2) is 0 Å². The van der Waals surface area contributed by atoms with E-state index in [1.54, 1.807) is 6.08 Å². The van der Waals surface area contributed by atoms with Crippen LogP contribution in [-0.2, 0) is 0 Å². The summed E-state index contributed by atoms with van der Waals surface area (Å²) in [5.41, 5.74) is 4.58. The van der Waals surface area contributed by atoms with E-state index in [0.29, 0.717) is 17.0 Å². The number of hydrogen-bond acceptors (Lipinski definition) is 4. The molecule has 0 bridgehead atoms. The smallest absolute Gasteiger partial charge is 0.272 e. The van der Waals surface area contributed by atoms with Gasteiger partial charge in [-0.05, 0) is 65.8 Å². The van der Waals surface area contributed by atoms with Gasteiger partial charge in [0.1, 0.15) is 11.3 Å². The lowest BCUT2D eigenvalue weighted by atomic mass is 10.0. The molecular weight excluding hydrogens is 398 g/mol. The van der Waals surface area contributed by atoms with Crippen LogP contribution in [0.2, 0.25) is 0 Å². The van der Waals surface area contributed by atoms with Crippen LogP contribution in [0.5, 0.6) is 5.75 Å². The number of benzene rings is 3. The van der Waals surface area contributed by atoms with Gasteiger partial charge >= 0.3 is 0 Å². The number of fused-ring (bicyclic) bond motifs is 1. The number of carbonyl (C=O) groups excluding carboxylic acids is 1. The summed E-state index contributed by atoms with van der Waals surface area (Å²) < 4.78 is 7.14. The zero-order valence-electron chi connectivity index (χ0n) is 18.4. The number of nitrogens with zero attached hydrogens (tertiary/aromatic N) is 3. The van der Waals surface area contributed by atoms with Crippen molar-refractivity contribution in [2.75, 3.05) is 6.61 Å². The van der Waals surface area contributed by atoms with Crippen molar-refractivity contribution in [1.29, 1.82) is 0 Å². The fourth-order valence-corrected chi connectivity index (χ4v) is 3.48. The maximum atomic E-state index is 12.5. The molecule has 3 aromatic carbocycles. The van der Waals surface area contributed by atoms with Gasteiger partial charge in [0.05, 0.1) is 12.1 Å². The van der Waals surface area contributed by atoms with Gasteiger partial charge in [-0.1, -0.05) is 67.6 Å². The molecule has 1 aromatic heterocycles. The Morgan fingerprint density at radius 2 is 1.66 bits per heavy atom. The zero-order valence-corrected chi connectivity index (χ0v) is 18.4. The van der Waals surface area contributed by atoms with Crippen molar-refractivity contribution in [2.24, 2.45) is 5.92 Å². The first-order valence-corrected chi connectivity index (χ1v) is 11.0. The second kappa shape index (κ2) is 10.1. The third-order valence-electron chi connectivity index (χ3n) is 5.27. The molecule has 0 aliphatic rings. The first kappa shape index (κ1) is 21.5. The van der Waals surface area contributed by atoms with Gasteiger partial charge in [0.25, 0.3) is 5.91 Å². The Balaban J connectivity index is 1.37. The Morgan fingerprint density at radius 3 is 2.38 bits per heavy atom. The molecule has 1 heterocycles. The molecule has 5 nitrogen and oxygen atoms in total. The second-order valence-corrected chi connectivity index (χ2v) is 8.19. The van der Waals surface area contributed by atoms with E-state index in [9.17, 15) is 4.79 Å². The molecule has 5 heteroatoms. The van der Waals surface area contributed by atoms with Gasteiger partial charge in [-0.25, -0.2) is 0 Å². The summed E-state index contributed by atoms with van der Waals surface area (Å²) in [6, 6.07) is 23.7. The summed E-state index contributed by atoms with van der Waals surface area (Å²) in [6.45, 7) is 5.21. The highest BCUT2D eigenvalue weighted by molar-refractivity contribution is 5.98. The minimum atomic E-state index is -0.230. The van der Waals surface area contributed by atoms with Gasteiger partial charge in [0.2, 0.25) is 0 Å². The SMILES string of the molecule is CC(C)CCCOc1ccc(-c2ccc(C=CC(=O)n3nnc4ccccc43)cc2)cc1. The number of ether oxygens (including phenoxy) is 1. The largest absolute Gasteiger partial charge is 0.494 e. The predicted molar refractivity (Wildman–Crippen MR) is 129 cm³/mol. The molecule has 32 heavy (non-hydrogen) atoms. The van der Waals surface area contributed by atoms with Crippen LogP contribution < -0.4 is 4.74 Å². The summed E-state index contributed by atoms with van der Waals surface area (Å²) in [6.07, 6.45) is 5.56. The number of carbonyl (C=O) groups is 1. The van der Waals surface area contributed by atoms with Crippen LogP contribution in [0.3, 0.4) is 0 Å². The van der Waals surface area contributed by atoms with Crippen LogP contribution in [0.1, 0.15) is 37.0 Å². The summed E-state index contributed by atoms with van der Waals surface area (Å²) in [5.74, 6) is 1.38. The number of rotatable bonds is 8. The fourth-order valence-electron chi connectivity index (χ4n) is 3.48. The van der Waals surface area contributed by atoms with Crippen LogP contribution >= 0.6 is 0 Å². The van der Waals surface area contributed by atoms with Crippen LogP contribution in [0.15, 0.2) is 78.9 Å². The van der Waals surface area contributed by atoms with E-state index in [4.69, 9.17) is 4.74 Å². The molecule has 0 saturated heterocycles. The molecule has 0 spiro atoms. The van der Waals surface area contributed by atoms with Crippen molar-refractivity contribution >= 4 is 23.0 Å². The maximum absolute atomic E-state index is 12.5. The van der Waals surface area contributed by atoms with Gasteiger partial charge in [-0.2, -0.15) is 4.68 Å². The lowest BCUT2D eigenvalue weighted by Crippen LogP contribution is -2.08. The van der Waals surface area contributed by atoms with E-state index < -0.39 is 0 Å². The second-order valence-electron chi connectivity index (χ2n) is 8.19. The minimum absolute atomic E-state index is 0.230. The van der Waals surface area contributed by atoms with Crippen LogP contribution in [-0.4, -0.2) is 27.5 Å². The third-order valence-corrected chi connectivity index (χ3v) is 5.27. The number of hydrogen-bond donors (Lipinski definition) is 0. The van der Waals surface area contributed by atoms with E-state index in [1.807, 2.05) is 60.7 Å². The molecule has 0 amide bonds. The topological polar surface area (TPSA) is 57.0 Å². The standard InChI is InChI=1S/C27H27N3O2/c1-20(2)6-5-19-32-24-16-14-23(15-17-24)22-12-9-21(10-13-22)11-18-27(31)30-26-8-4-3-7-25(26)28-29-30/h3-4,7-18,20H,5-6,19H2,1-2H3. The molecule has 0 atom stereocenters. The highest BCUT2D eigenvalue weighted by Gasteiger charge is 2.08. The lowest BCUT2D eigenvalue weighted by molar-refractivity contribution is 0.0958. The molecule has 0 aliphatic heterocycles. The fraction of sp³-hybridized carbons (Fsp3) is 0.222. The van der Waals surface area contributed by atoms with Crippen molar-refractivity contribution < 1.29 is 9.53 Å². The molecule has 0 aliphatic carbocycles. The quantitative estimate of drug-likeness (QED) is 0.247. The predicted octanol–water partition coefficient (Wildman–Crippen LogP) is 6.27. The van der Waals surface area contributed by atoms with Gasteiger partial charge in [0, 0.05) is 6.08 Å². The number of para-hydroxylation sites is 1. The van der Waals surface area contributed by atoms with Gasteiger partial charge in [-0.3, -0.25) is 4.79 Å². The molecule has 0 fully saturated rings. The van der Waals surface area contributed by atoms with Gasteiger partial charge < -0.3 is 4.74 Å². The Kier molecular flexibility index (Phi) is 6.75. The van der Waals surface area contributed by atoms with Crippen LogP contribution in [0.4, 0.5) is 0 Å². The van der Waals surface area contributed by atoms with Crippen molar-refractivity contribution in [3.63, 3.8) is 0 Å². The van der Waals surface area contributed by atoms with E-state index in [-0.39, 0.29) is 5.91 Å². The Labute approximate surface area is 188 Å². The van der Waals surface area contributed by atoms with Gasteiger partial charge in [-0.15, -0.1) is 5.10 Å². The van der Waals surface area contributed by atoms with E-state index in [0.717, 1.165) is 35.5 Å². The van der Waals surface area contributed by atoms with E-state index >= 15 is 0 Å². The van der Waals surface area contributed by atoms with Crippen molar-refractivity contribution in [2.45, 2.75) is 26.7 Å². The van der Waals surface area contributed by atoms with Crippen LogP contribution in [0, 0.1) is 5.92 Å². The summed E-state index contributed by atoms with van der Waals surface area (Å²) in [7, 11) is 0. The molecule has 0 radical (unpaired) electrons. The Hall–Kier alpha value is -3.73. The monoisotopic (exact) mass is 425 g/mol. The molecule has 0 saturated carbocycles. The number of aromatic nitrogens is 3. The zero-order chi connectivity index (χ0) is 22.3. The highest BCUT2D eigenvalue weighted by Crippen LogP contribution is 2.23. The lowest BCUT2D eigenvalue weighted by Gasteiger charge is -2.09. The van der Waals surface area contributed by atoms with E-state index in [2.05, 4.69) is 36.3 Å². The maximum Gasteiger partial charge on any atom is 0.272 e. The third kappa shape index (κ3) is 5.30. The van der Waals surface area contributed by atoms with Crippen molar-refractivity contribution in [3.8, 4) is 16.9 Å². The molecule has 4 rings (SSSR count). The Bertz CT molecular complexity index is 1210. The average Bonchev–Trinajstić information content (AvgIpc) is 3.25. The van der Waals surface area contributed by atoms with Crippen molar-refractivity contribution in [3.05, 3.63) is 84.4 Å². The van der Waals surface area contributed by atoms with E-state index in [1.165, 1.54) is 17.2 Å². The summed E-state index contributed by atoms with van der Waals surface area (Å²) in [5, 5.41) is 7.98. The first-order chi connectivity index (χ1) is 15.6. The molecule has 0 N–H and O–H groups in total. The molecule has 4 aromatic rings. The summed E-state index contributed by atoms with van der Waals surface area (Å²) in [4.78, 5) is 12.5. The number of allylic oxidation sites excluding steroid dienone is 1. The molecular formula is C27H27N3O2. The Morgan fingerprint density at radius 1 is 0.969 bits per heavy atom. The minimum Gasteiger partial charge on any atom is -0.494 e. The summed E-state index contributed by atoms with van der Waals surface area (Å²) >= 11 is 0. The van der Waals surface area contributed by atoms with Crippen LogP contribution in [0.25, 0.3) is 28.2 Å².